The summed E-state index contributed by atoms with van der Waals surface area (Å²) < 4.78 is 1.18. The van der Waals surface area contributed by atoms with Crippen molar-refractivity contribution >= 4 is 27.5 Å². The maximum atomic E-state index is 5.94. The lowest BCUT2D eigenvalue weighted by Gasteiger charge is -2.38. The Bertz CT molecular complexity index is 605. The molecule has 1 unspecified atom stereocenters. The molecule has 0 spiro atoms. The van der Waals surface area contributed by atoms with Crippen LogP contribution in [-0.2, 0) is 0 Å². The van der Waals surface area contributed by atoms with Gasteiger partial charge in [0.1, 0.15) is 0 Å². The first-order chi connectivity index (χ1) is 10.1. The van der Waals surface area contributed by atoms with Gasteiger partial charge in [0.25, 0.3) is 0 Å². The molecule has 110 valence electrons. The van der Waals surface area contributed by atoms with Gasteiger partial charge in [-0.15, -0.1) is 0 Å². The van der Waals surface area contributed by atoms with Crippen LogP contribution in [0, 0.1) is 0 Å². The van der Waals surface area contributed by atoms with E-state index >= 15 is 0 Å². The Hall–Kier alpha value is -0.830. The number of nitrogens with one attached hydrogen (secondary N) is 1. The number of hydrogen-bond donors (Lipinski definition) is 1. The van der Waals surface area contributed by atoms with Gasteiger partial charge in [-0.25, -0.2) is 0 Å². The van der Waals surface area contributed by atoms with E-state index in [1.165, 1.54) is 28.4 Å². The minimum Gasteiger partial charge on any atom is -0.307 e. The van der Waals surface area contributed by atoms with Crippen LogP contribution < -0.4 is 5.32 Å². The predicted octanol–water partition coefficient (Wildman–Crippen LogP) is 5.70. The molecular weight excluding hydrogens is 346 g/mol. The first-order valence-electron chi connectivity index (χ1n) is 7.39. The normalized spacial score (nSPS) is 22.6. The lowest BCUT2D eigenvalue weighted by Crippen LogP contribution is -2.41. The molecule has 0 saturated heterocycles. The third-order valence-corrected chi connectivity index (χ3v) is 5.31. The Balaban J connectivity index is 1.55. The smallest absolute Gasteiger partial charge is 0.0406 e. The molecule has 0 radical (unpaired) electrons. The van der Waals surface area contributed by atoms with Gasteiger partial charge in [0.2, 0.25) is 0 Å². The monoisotopic (exact) mass is 363 g/mol. The summed E-state index contributed by atoms with van der Waals surface area (Å²) in [5, 5.41) is 4.54. The van der Waals surface area contributed by atoms with Crippen LogP contribution in [0.3, 0.4) is 0 Å². The highest BCUT2D eigenvalue weighted by Crippen LogP contribution is 2.38. The Kier molecular flexibility index (Phi) is 4.68. The maximum Gasteiger partial charge on any atom is 0.0406 e. The molecule has 2 aromatic carbocycles. The molecule has 1 N–H and O–H groups in total. The highest BCUT2D eigenvalue weighted by molar-refractivity contribution is 9.10. The summed E-state index contributed by atoms with van der Waals surface area (Å²) in [6.07, 6.45) is 2.41. The Morgan fingerprint density at radius 2 is 1.76 bits per heavy atom. The van der Waals surface area contributed by atoms with Gasteiger partial charge in [0.05, 0.1) is 0 Å². The summed E-state index contributed by atoms with van der Waals surface area (Å²) in [6, 6.07) is 17.7. The Morgan fingerprint density at radius 1 is 1.10 bits per heavy atom. The second kappa shape index (κ2) is 6.51. The maximum absolute atomic E-state index is 5.94. The second-order valence-corrected chi connectivity index (χ2v) is 7.12. The predicted molar refractivity (Wildman–Crippen MR) is 92.9 cm³/mol. The molecule has 2 aromatic rings. The van der Waals surface area contributed by atoms with E-state index in [2.05, 4.69) is 64.6 Å². The fraction of sp³-hybridized carbons (Fsp3) is 0.333. The van der Waals surface area contributed by atoms with Crippen molar-refractivity contribution in [3.8, 4) is 0 Å². The van der Waals surface area contributed by atoms with Crippen molar-refractivity contribution < 1.29 is 0 Å². The van der Waals surface area contributed by atoms with Crippen molar-refractivity contribution in [1.82, 2.24) is 5.32 Å². The molecule has 0 heterocycles. The minimum atomic E-state index is 0.372. The number of hydrogen-bond acceptors (Lipinski definition) is 1. The quantitative estimate of drug-likeness (QED) is 0.734. The summed E-state index contributed by atoms with van der Waals surface area (Å²) in [5.41, 5.74) is 2.73. The van der Waals surface area contributed by atoms with Crippen LogP contribution in [0.2, 0.25) is 5.02 Å². The Labute approximate surface area is 139 Å². The standard InChI is InChI=1S/C18H19BrClN/c1-12(17-4-2-3-5-18(17)19)21-16-10-14(11-16)13-6-8-15(20)9-7-13/h2-9,12,14,16,21H,10-11H2,1H3. The Morgan fingerprint density at radius 3 is 2.43 bits per heavy atom. The summed E-state index contributed by atoms with van der Waals surface area (Å²) in [7, 11) is 0. The average Bonchev–Trinajstić information content (AvgIpc) is 2.44. The molecule has 0 bridgehead atoms. The summed E-state index contributed by atoms with van der Waals surface area (Å²) >= 11 is 9.57. The van der Waals surface area contributed by atoms with Crippen LogP contribution >= 0.6 is 27.5 Å². The van der Waals surface area contributed by atoms with Crippen molar-refractivity contribution in [1.29, 1.82) is 0 Å². The molecular formula is C18H19BrClN. The van der Waals surface area contributed by atoms with Gasteiger partial charge in [-0.2, -0.15) is 0 Å². The molecule has 1 saturated carbocycles. The minimum absolute atomic E-state index is 0.372. The van der Waals surface area contributed by atoms with E-state index in [-0.39, 0.29) is 0 Å². The van der Waals surface area contributed by atoms with Gasteiger partial charge in [0.15, 0.2) is 0 Å². The van der Waals surface area contributed by atoms with E-state index in [1.807, 2.05) is 12.1 Å². The lowest BCUT2D eigenvalue weighted by molar-refractivity contribution is 0.270. The van der Waals surface area contributed by atoms with Crippen LogP contribution in [0.5, 0.6) is 0 Å². The molecule has 1 aliphatic rings. The molecule has 3 heteroatoms. The molecule has 1 aliphatic carbocycles. The molecule has 21 heavy (non-hydrogen) atoms. The summed E-state index contributed by atoms with van der Waals surface area (Å²) in [6.45, 7) is 2.23. The lowest BCUT2D eigenvalue weighted by atomic mass is 9.75. The van der Waals surface area contributed by atoms with Crippen molar-refractivity contribution in [2.24, 2.45) is 0 Å². The zero-order valence-electron chi connectivity index (χ0n) is 12.0. The van der Waals surface area contributed by atoms with Crippen molar-refractivity contribution in [3.63, 3.8) is 0 Å². The highest BCUT2D eigenvalue weighted by Gasteiger charge is 2.31. The van der Waals surface area contributed by atoms with E-state index in [9.17, 15) is 0 Å². The van der Waals surface area contributed by atoms with Gasteiger partial charge in [-0.3, -0.25) is 0 Å². The van der Waals surface area contributed by atoms with Crippen LogP contribution in [0.4, 0.5) is 0 Å². The molecule has 0 aromatic heterocycles. The first kappa shape index (κ1) is 15.1. The third kappa shape index (κ3) is 3.50. The van der Waals surface area contributed by atoms with Crippen LogP contribution in [0.1, 0.15) is 42.9 Å². The largest absolute Gasteiger partial charge is 0.307 e. The highest BCUT2D eigenvalue weighted by atomic mass is 79.9. The molecule has 1 fully saturated rings. The molecule has 0 aliphatic heterocycles. The first-order valence-corrected chi connectivity index (χ1v) is 8.56. The average molecular weight is 365 g/mol. The fourth-order valence-corrected chi connectivity index (χ4v) is 3.78. The second-order valence-electron chi connectivity index (χ2n) is 5.83. The fourth-order valence-electron chi connectivity index (χ4n) is 3.03. The zero-order valence-corrected chi connectivity index (χ0v) is 14.4. The van der Waals surface area contributed by atoms with E-state index in [0.717, 1.165) is 5.02 Å². The van der Waals surface area contributed by atoms with Crippen LogP contribution in [0.25, 0.3) is 0 Å². The van der Waals surface area contributed by atoms with Gasteiger partial charge >= 0.3 is 0 Å². The van der Waals surface area contributed by atoms with Crippen molar-refractivity contribution in [3.05, 3.63) is 69.2 Å². The molecule has 0 amide bonds. The van der Waals surface area contributed by atoms with Crippen LogP contribution in [0.15, 0.2) is 53.0 Å². The molecule has 1 nitrogen and oxygen atoms in total. The zero-order chi connectivity index (χ0) is 14.8. The van der Waals surface area contributed by atoms with Gasteiger partial charge in [-0.1, -0.05) is 57.9 Å². The van der Waals surface area contributed by atoms with E-state index in [4.69, 9.17) is 11.6 Å². The topological polar surface area (TPSA) is 12.0 Å². The van der Waals surface area contributed by atoms with Gasteiger partial charge in [0, 0.05) is 21.6 Å². The van der Waals surface area contributed by atoms with Gasteiger partial charge < -0.3 is 5.32 Å². The third-order valence-electron chi connectivity index (χ3n) is 4.34. The summed E-state index contributed by atoms with van der Waals surface area (Å²) in [4.78, 5) is 0. The number of halogens is 2. The van der Waals surface area contributed by atoms with Crippen molar-refractivity contribution in [2.75, 3.05) is 0 Å². The van der Waals surface area contributed by atoms with Crippen LogP contribution in [-0.4, -0.2) is 6.04 Å². The number of rotatable bonds is 4. The SMILES string of the molecule is CC(NC1CC(c2ccc(Cl)cc2)C1)c1ccccc1Br. The van der Waals surface area contributed by atoms with Crippen molar-refractivity contribution in [2.45, 2.75) is 37.8 Å². The molecule has 3 rings (SSSR count). The van der Waals surface area contributed by atoms with E-state index < -0.39 is 0 Å². The van der Waals surface area contributed by atoms with E-state index in [1.54, 1.807) is 0 Å². The van der Waals surface area contributed by atoms with E-state index in [0.29, 0.717) is 18.0 Å². The summed E-state index contributed by atoms with van der Waals surface area (Å²) in [5.74, 6) is 0.672. The number of benzene rings is 2. The van der Waals surface area contributed by atoms with Gasteiger partial charge in [-0.05, 0) is 55.0 Å². The molecule has 1 atom stereocenters.